The maximum Gasteiger partial charge on any atom is 1.00 e. The van der Waals surface area contributed by atoms with Gasteiger partial charge in [0.05, 0.1) is 17.4 Å². The van der Waals surface area contributed by atoms with E-state index in [0.717, 1.165) is 12.1 Å². The number of aliphatic hydroxyl groups excluding tert-OH is 1. The minimum absolute atomic E-state index is 0. The Kier molecular flexibility index (Phi) is 28.7. The fourth-order valence-corrected chi connectivity index (χ4v) is 7.45. The van der Waals surface area contributed by atoms with Crippen LogP contribution in [0.15, 0.2) is 29.2 Å². The van der Waals surface area contributed by atoms with Gasteiger partial charge in [-0.15, -0.1) is 0 Å². The van der Waals surface area contributed by atoms with Crippen molar-refractivity contribution in [2.24, 2.45) is 10.8 Å². The third kappa shape index (κ3) is 16.6. The molecule has 2 atom stereocenters. The topological polar surface area (TPSA) is 164 Å². The fourth-order valence-electron chi connectivity index (χ4n) is 4.48. The van der Waals surface area contributed by atoms with E-state index in [4.69, 9.17) is 13.6 Å². The van der Waals surface area contributed by atoms with Gasteiger partial charge in [0.15, 0.2) is 10.0 Å². The average molecular weight is 766 g/mol. The molecule has 49 heavy (non-hydrogen) atoms. The van der Waals surface area contributed by atoms with Gasteiger partial charge in [-0.2, -0.15) is 13.2 Å². The first-order valence-electron chi connectivity index (χ1n) is 12.8. The molecule has 0 bridgehead atoms. The van der Waals surface area contributed by atoms with Crippen molar-refractivity contribution in [3.05, 3.63) is 34.0 Å². The first kappa shape index (κ1) is 62.7. The number of hydrogen-bond donors (Lipinski definition) is 1. The minimum atomic E-state index is -6.30. The first-order chi connectivity index (χ1) is 18.8. The van der Waals surface area contributed by atoms with Gasteiger partial charge in [0.25, 0.3) is 5.97 Å². The number of esters is 1. The van der Waals surface area contributed by atoms with Crippen LogP contribution in [0.4, 0.5) is 13.2 Å². The van der Waals surface area contributed by atoms with Crippen LogP contribution >= 0.6 is 0 Å². The van der Waals surface area contributed by atoms with Crippen LogP contribution in [-0.2, 0) is 48.6 Å². The SMILES string of the molecule is C.C.C.C.C.C.CCC(C)(CC(C)(CC(C)(C)c1ccc(S(=O)(=O)[N-]S(=O)(=O)C(F)(F)F)cc1)C(=O)OCCO)C(=O)O[Si](C)(C)OC.[Li+]. The Morgan fingerprint density at radius 1 is 0.837 bits per heavy atom. The molecule has 0 radical (unpaired) electrons. The Hall–Kier alpha value is -1.46. The van der Waals surface area contributed by atoms with Gasteiger partial charge in [0.1, 0.15) is 16.6 Å². The number of carbonyl (C=O) groups excluding carboxylic acids is 2. The van der Waals surface area contributed by atoms with Crippen LogP contribution in [0.1, 0.15) is 104 Å². The number of sulfonamides is 2. The van der Waals surface area contributed by atoms with E-state index in [0.29, 0.717) is 12.0 Å². The van der Waals surface area contributed by atoms with E-state index in [2.05, 4.69) is 4.13 Å². The summed E-state index contributed by atoms with van der Waals surface area (Å²) in [6, 6.07) is 4.35. The monoisotopic (exact) mass is 765 g/mol. The van der Waals surface area contributed by atoms with Crippen LogP contribution in [0.5, 0.6) is 0 Å². The summed E-state index contributed by atoms with van der Waals surface area (Å²) in [6.45, 7) is 11.1. The molecule has 0 amide bonds. The second kappa shape index (κ2) is 22.5. The van der Waals surface area contributed by atoms with Gasteiger partial charge in [0, 0.05) is 12.0 Å². The number of halogens is 3. The first-order valence-corrected chi connectivity index (χ1v) is 18.5. The third-order valence-corrected chi connectivity index (χ3v) is 11.6. The van der Waals surface area contributed by atoms with Crippen molar-refractivity contribution >= 4 is 40.5 Å². The second-order valence-corrected chi connectivity index (χ2v) is 18.4. The molecular formula is C31H63F3LiNO10S2Si. The van der Waals surface area contributed by atoms with Crippen molar-refractivity contribution in [1.82, 2.24) is 0 Å². The van der Waals surface area contributed by atoms with Crippen molar-refractivity contribution in [3.63, 3.8) is 0 Å². The van der Waals surface area contributed by atoms with Crippen LogP contribution in [0.2, 0.25) is 13.1 Å². The Morgan fingerprint density at radius 3 is 1.65 bits per heavy atom. The molecular weight excluding hydrogens is 702 g/mol. The molecule has 1 aromatic rings. The zero-order valence-corrected chi connectivity index (χ0v) is 28.5. The predicted octanol–water partition coefficient (Wildman–Crippen LogP) is 5.33. The van der Waals surface area contributed by atoms with Gasteiger partial charge in [-0.25, -0.2) is 16.8 Å². The molecule has 0 aliphatic rings. The molecule has 0 spiro atoms. The summed E-state index contributed by atoms with van der Waals surface area (Å²) in [6.07, 6.45) is 0.301. The van der Waals surface area contributed by atoms with Crippen LogP contribution in [0, 0.1) is 10.8 Å². The largest absolute Gasteiger partial charge is 1.00 e. The molecule has 0 fully saturated rings. The quantitative estimate of drug-likeness (QED) is 0.182. The zero-order valence-electron chi connectivity index (χ0n) is 25.9. The molecule has 11 nitrogen and oxygen atoms in total. The smallest absolute Gasteiger partial charge is 0.494 e. The number of hydrogen-bond acceptors (Lipinski definition) is 10. The van der Waals surface area contributed by atoms with Crippen molar-refractivity contribution in [2.75, 3.05) is 20.3 Å². The predicted molar refractivity (Wildman–Crippen MR) is 190 cm³/mol. The summed E-state index contributed by atoms with van der Waals surface area (Å²) in [4.78, 5) is 25.8. The maximum atomic E-state index is 13.3. The Bertz CT molecular complexity index is 1340. The van der Waals surface area contributed by atoms with Gasteiger partial charge < -0.3 is 22.8 Å². The zero-order chi connectivity index (χ0) is 33.0. The van der Waals surface area contributed by atoms with Gasteiger partial charge >= 0.3 is 38.9 Å². The molecule has 0 aromatic heterocycles. The number of rotatable bonds is 15. The Labute approximate surface area is 309 Å². The summed E-state index contributed by atoms with van der Waals surface area (Å²) in [5.41, 5.74) is -8.88. The Morgan fingerprint density at radius 2 is 1.29 bits per heavy atom. The Balaban J connectivity index is -0.000000504. The maximum absolute atomic E-state index is 13.3. The number of ether oxygens (including phenoxy) is 1. The van der Waals surface area contributed by atoms with E-state index in [1.54, 1.807) is 47.7 Å². The molecule has 0 aliphatic carbocycles. The third-order valence-electron chi connectivity index (χ3n) is 6.96. The van der Waals surface area contributed by atoms with E-state index < -0.39 is 73.8 Å². The van der Waals surface area contributed by atoms with E-state index in [1.807, 2.05) is 0 Å². The minimum Gasteiger partial charge on any atom is -0.494 e. The average Bonchev–Trinajstić information content (AvgIpc) is 2.85. The molecule has 1 rings (SSSR count). The van der Waals surface area contributed by atoms with E-state index in [1.165, 1.54) is 19.2 Å². The molecule has 0 heterocycles. The molecule has 1 aromatic carbocycles. The van der Waals surface area contributed by atoms with E-state index >= 15 is 0 Å². The van der Waals surface area contributed by atoms with Crippen molar-refractivity contribution in [2.45, 2.75) is 127 Å². The summed E-state index contributed by atoms with van der Waals surface area (Å²) in [7, 11) is -12.9. The van der Waals surface area contributed by atoms with Gasteiger partial charge in [-0.05, 0) is 69.3 Å². The van der Waals surface area contributed by atoms with Crippen molar-refractivity contribution in [1.29, 1.82) is 0 Å². The van der Waals surface area contributed by atoms with Gasteiger partial charge in [0.2, 0.25) is 0 Å². The molecule has 1 N–H and O–H groups in total. The number of alkyl halides is 3. The molecule has 2 unspecified atom stereocenters. The molecule has 290 valence electrons. The van der Waals surface area contributed by atoms with Crippen LogP contribution in [-0.4, -0.2) is 68.3 Å². The van der Waals surface area contributed by atoms with Crippen LogP contribution in [0.3, 0.4) is 0 Å². The van der Waals surface area contributed by atoms with Crippen LogP contribution < -0.4 is 18.9 Å². The number of carbonyl (C=O) groups is 2. The standard InChI is InChI=1S/C25H39F3NO10S2Si.6CH4.Li/c1-9-23(4,21(32)39-42(7,8)37-6)17-24(5,20(31)38-15-14-30)16-22(2,3)18-10-12-19(13-11-18)40(33,34)29-41(35,36)25(26,27)28;;;;;;;/h10-13,30H,9,14-17H2,1-8H3;6*1H4;/q-1;;;;;;;+1. The van der Waals surface area contributed by atoms with Crippen LogP contribution in [0.25, 0.3) is 4.13 Å². The molecule has 0 saturated carbocycles. The molecule has 18 heteroatoms. The molecule has 0 aliphatic heterocycles. The van der Waals surface area contributed by atoms with Crippen molar-refractivity contribution in [3.8, 4) is 0 Å². The van der Waals surface area contributed by atoms with Crippen molar-refractivity contribution < 1.29 is 77.2 Å². The van der Waals surface area contributed by atoms with E-state index in [9.17, 15) is 44.7 Å². The summed E-state index contributed by atoms with van der Waals surface area (Å²) < 4.78 is 103. The molecule has 0 saturated heterocycles. The number of aliphatic hydroxyl groups is 1. The summed E-state index contributed by atoms with van der Waals surface area (Å²) in [5, 5.41) is 9.20. The number of nitrogens with zero attached hydrogens (tertiary/aromatic N) is 1. The summed E-state index contributed by atoms with van der Waals surface area (Å²) in [5.74, 6) is -1.26. The normalized spacial score (nSPS) is 14.0. The van der Waals surface area contributed by atoms with Gasteiger partial charge in [-0.3, -0.25) is 9.59 Å². The van der Waals surface area contributed by atoms with Gasteiger partial charge in [-0.1, -0.05) is 77.5 Å². The second-order valence-electron chi connectivity index (χ2n) is 11.6. The number of benzene rings is 1. The summed E-state index contributed by atoms with van der Waals surface area (Å²) >= 11 is 0. The van der Waals surface area contributed by atoms with E-state index in [-0.39, 0.29) is 82.9 Å². The fraction of sp³-hybridized carbons (Fsp3) is 0.742.